The second-order valence-corrected chi connectivity index (χ2v) is 4.76. The van der Waals surface area contributed by atoms with Crippen LogP contribution >= 0.6 is 0 Å². The molecule has 0 aliphatic rings. The minimum Gasteiger partial charge on any atom is -0.314 e. The zero-order valence-corrected chi connectivity index (χ0v) is 12.2. The van der Waals surface area contributed by atoms with Gasteiger partial charge in [0, 0.05) is 16.3 Å². The van der Waals surface area contributed by atoms with E-state index < -0.39 is 0 Å². The van der Waals surface area contributed by atoms with Crippen molar-refractivity contribution in [3.63, 3.8) is 0 Å². The summed E-state index contributed by atoms with van der Waals surface area (Å²) in [4.78, 5) is 0. The highest BCUT2D eigenvalue weighted by Crippen LogP contribution is 1.95. The molecule has 0 saturated heterocycles. The standard InChI is InChI=1S/C10H27N3Si/c1-4-11-10(12-5-2)8-9(3)13-6-7-14/h9-13H,4-8H2,1-3,14H3. The molecular weight excluding hydrogens is 190 g/mol. The maximum atomic E-state index is 3.53. The summed E-state index contributed by atoms with van der Waals surface area (Å²) in [5.41, 5.74) is 0. The highest BCUT2D eigenvalue weighted by atomic mass is 28.1. The average Bonchev–Trinajstić information content (AvgIpc) is 2.15. The largest absolute Gasteiger partial charge is 0.314 e. The van der Waals surface area contributed by atoms with Crippen LogP contribution in [0, 0.1) is 0 Å². The maximum Gasteiger partial charge on any atom is 0.0586 e. The van der Waals surface area contributed by atoms with Crippen molar-refractivity contribution in [2.45, 2.75) is 45.4 Å². The van der Waals surface area contributed by atoms with E-state index in [0.29, 0.717) is 12.2 Å². The SMILES string of the molecule is CCNC(CC(C)NCC[SiH3])NCC. The van der Waals surface area contributed by atoms with Crippen molar-refractivity contribution in [1.29, 1.82) is 0 Å². The molecule has 3 N–H and O–H groups in total. The van der Waals surface area contributed by atoms with Crippen LogP contribution < -0.4 is 16.0 Å². The number of hydrogen-bond acceptors (Lipinski definition) is 3. The fourth-order valence-corrected chi connectivity index (χ4v) is 1.85. The molecule has 3 nitrogen and oxygen atoms in total. The van der Waals surface area contributed by atoms with E-state index in [1.807, 2.05) is 0 Å². The maximum absolute atomic E-state index is 3.53. The predicted molar refractivity (Wildman–Crippen MR) is 68.0 cm³/mol. The van der Waals surface area contributed by atoms with Gasteiger partial charge < -0.3 is 16.0 Å². The van der Waals surface area contributed by atoms with E-state index >= 15 is 0 Å². The van der Waals surface area contributed by atoms with Gasteiger partial charge in [0.1, 0.15) is 0 Å². The summed E-state index contributed by atoms with van der Waals surface area (Å²) in [6.07, 6.45) is 1.62. The van der Waals surface area contributed by atoms with Crippen molar-refractivity contribution in [3.8, 4) is 0 Å². The molecule has 0 aromatic rings. The van der Waals surface area contributed by atoms with E-state index in [1.165, 1.54) is 22.8 Å². The highest BCUT2D eigenvalue weighted by molar-refractivity contribution is 6.08. The van der Waals surface area contributed by atoms with Gasteiger partial charge in [-0.2, -0.15) is 0 Å². The second kappa shape index (κ2) is 9.64. The molecule has 0 aromatic heterocycles. The van der Waals surface area contributed by atoms with Crippen LogP contribution in [0.1, 0.15) is 27.2 Å². The Balaban J connectivity index is 3.64. The fraction of sp³-hybridized carbons (Fsp3) is 1.00. The van der Waals surface area contributed by atoms with Crippen molar-refractivity contribution in [2.24, 2.45) is 0 Å². The van der Waals surface area contributed by atoms with Gasteiger partial charge in [-0.25, -0.2) is 0 Å². The zero-order chi connectivity index (χ0) is 10.8. The number of rotatable bonds is 9. The summed E-state index contributed by atoms with van der Waals surface area (Å²) in [5.74, 6) is 0. The summed E-state index contributed by atoms with van der Waals surface area (Å²) in [7, 11) is 1.30. The Hall–Kier alpha value is 0.0969. The quantitative estimate of drug-likeness (QED) is 0.366. The van der Waals surface area contributed by atoms with Crippen LogP contribution in [0.3, 0.4) is 0 Å². The van der Waals surface area contributed by atoms with E-state index in [2.05, 4.69) is 36.7 Å². The Morgan fingerprint density at radius 3 is 2.07 bits per heavy atom. The van der Waals surface area contributed by atoms with Gasteiger partial charge >= 0.3 is 0 Å². The van der Waals surface area contributed by atoms with Crippen LogP contribution in [0.25, 0.3) is 0 Å². The molecule has 0 spiro atoms. The van der Waals surface area contributed by atoms with Gasteiger partial charge in [0.2, 0.25) is 0 Å². The average molecular weight is 217 g/mol. The van der Waals surface area contributed by atoms with Crippen LogP contribution in [-0.4, -0.2) is 42.1 Å². The Morgan fingerprint density at radius 2 is 1.64 bits per heavy atom. The first kappa shape index (κ1) is 14.1. The molecule has 1 atom stereocenters. The summed E-state index contributed by atoms with van der Waals surface area (Å²) in [5, 5.41) is 10.4. The molecule has 0 saturated carbocycles. The van der Waals surface area contributed by atoms with Gasteiger partial charge in [-0.1, -0.05) is 19.9 Å². The minimum atomic E-state index is 0.460. The Bertz CT molecular complexity index is 116. The van der Waals surface area contributed by atoms with Gasteiger partial charge in [-0.3, -0.25) is 0 Å². The van der Waals surface area contributed by atoms with E-state index in [4.69, 9.17) is 0 Å². The zero-order valence-electron chi connectivity index (χ0n) is 10.2. The molecule has 4 heteroatoms. The molecule has 0 aliphatic carbocycles. The first-order valence-electron chi connectivity index (χ1n) is 5.94. The molecule has 0 fully saturated rings. The van der Waals surface area contributed by atoms with Gasteiger partial charge in [-0.05, 0) is 33.0 Å². The van der Waals surface area contributed by atoms with Gasteiger partial charge in [-0.15, -0.1) is 0 Å². The fourth-order valence-electron chi connectivity index (χ4n) is 1.56. The first-order chi connectivity index (χ1) is 6.74. The molecule has 0 aliphatic heterocycles. The topological polar surface area (TPSA) is 36.1 Å². The first-order valence-corrected chi connectivity index (χ1v) is 7.36. The Labute approximate surface area is 91.8 Å². The lowest BCUT2D eigenvalue weighted by Crippen LogP contribution is -2.46. The van der Waals surface area contributed by atoms with Gasteiger partial charge in [0.05, 0.1) is 6.17 Å². The minimum absolute atomic E-state index is 0.460. The summed E-state index contributed by atoms with van der Waals surface area (Å²) in [6, 6.07) is 1.95. The summed E-state index contributed by atoms with van der Waals surface area (Å²) >= 11 is 0. The van der Waals surface area contributed by atoms with Crippen molar-refractivity contribution in [3.05, 3.63) is 0 Å². The Morgan fingerprint density at radius 1 is 1.07 bits per heavy atom. The second-order valence-electron chi connectivity index (χ2n) is 3.76. The third-order valence-electron chi connectivity index (χ3n) is 2.23. The molecule has 0 rings (SSSR count). The van der Waals surface area contributed by atoms with Crippen molar-refractivity contribution < 1.29 is 0 Å². The van der Waals surface area contributed by atoms with Crippen LogP contribution in [-0.2, 0) is 0 Å². The van der Waals surface area contributed by atoms with Gasteiger partial charge in [0.15, 0.2) is 0 Å². The highest BCUT2D eigenvalue weighted by Gasteiger charge is 2.09. The predicted octanol–water partition coefficient (Wildman–Crippen LogP) is -0.317. The molecule has 86 valence electrons. The lowest BCUT2D eigenvalue weighted by atomic mass is 10.2. The molecule has 0 bridgehead atoms. The normalized spacial score (nSPS) is 13.7. The third kappa shape index (κ3) is 7.50. The molecule has 0 aromatic carbocycles. The van der Waals surface area contributed by atoms with Crippen molar-refractivity contribution >= 4 is 10.2 Å². The van der Waals surface area contributed by atoms with Gasteiger partial charge in [0.25, 0.3) is 0 Å². The molecular formula is C10H27N3Si. The molecule has 0 heterocycles. The summed E-state index contributed by atoms with van der Waals surface area (Å²) < 4.78 is 0. The molecule has 14 heavy (non-hydrogen) atoms. The van der Waals surface area contributed by atoms with Crippen LogP contribution in [0.2, 0.25) is 6.04 Å². The monoisotopic (exact) mass is 217 g/mol. The van der Waals surface area contributed by atoms with E-state index in [0.717, 1.165) is 19.5 Å². The number of nitrogens with one attached hydrogen (secondary N) is 3. The van der Waals surface area contributed by atoms with Crippen molar-refractivity contribution in [1.82, 2.24) is 16.0 Å². The van der Waals surface area contributed by atoms with Crippen molar-refractivity contribution in [2.75, 3.05) is 19.6 Å². The Kier molecular flexibility index (Phi) is 9.71. The molecule has 0 amide bonds. The lowest BCUT2D eigenvalue weighted by molar-refractivity contribution is 0.369. The third-order valence-corrected chi connectivity index (χ3v) is 2.73. The number of hydrogen-bond donors (Lipinski definition) is 3. The van der Waals surface area contributed by atoms with Crippen LogP contribution in [0.15, 0.2) is 0 Å². The van der Waals surface area contributed by atoms with E-state index in [1.54, 1.807) is 0 Å². The van der Waals surface area contributed by atoms with E-state index in [9.17, 15) is 0 Å². The van der Waals surface area contributed by atoms with E-state index in [-0.39, 0.29) is 0 Å². The molecule has 0 radical (unpaired) electrons. The smallest absolute Gasteiger partial charge is 0.0586 e. The van der Waals surface area contributed by atoms with Crippen LogP contribution in [0.4, 0.5) is 0 Å². The van der Waals surface area contributed by atoms with Crippen LogP contribution in [0.5, 0.6) is 0 Å². The lowest BCUT2D eigenvalue weighted by Gasteiger charge is -2.23. The molecule has 1 unspecified atom stereocenters. The summed E-state index contributed by atoms with van der Waals surface area (Å²) in [6.45, 7) is 9.81.